The summed E-state index contributed by atoms with van der Waals surface area (Å²) in [5.41, 5.74) is 0. The molecule has 144 valence electrons. The molecule has 3 unspecified atom stereocenters. The molecule has 1 N–H and O–H groups in total. The monoisotopic (exact) mass is 378 g/mol. The molecule has 0 radical (unpaired) electrons. The van der Waals surface area contributed by atoms with Crippen LogP contribution in [0.15, 0.2) is 22.5 Å². The van der Waals surface area contributed by atoms with Crippen molar-refractivity contribution in [1.82, 2.24) is 15.1 Å². The van der Waals surface area contributed by atoms with Crippen LogP contribution in [-0.4, -0.2) is 68.6 Å². The van der Waals surface area contributed by atoms with Crippen molar-refractivity contribution >= 4 is 23.3 Å². The summed E-state index contributed by atoms with van der Waals surface area (Å²) in [6, 6.07) is 4.73. The van der Waals surface area contributed by atoms with E-state index in [4.69, 9.17) is 4.74 Å². The minimum Gasteiger partial charge on any atom is -0.469 e. The minimum absolute atomic E-state index is 0.0785. The number of hydrogen-bond donors (Lipinski definition) is 1. The molecule has 0 spiro atoms. The SMILES string of the molecule is CN=C(NCC(c1cccs1)N1CCCC1)N1CC(C)C(C(=O)OC)C1. The van der Waals surface area contributed by atoms with E-state index in [1.165, 1.54) is 24.8 Å². The minimum atomic E-state index is -0.121. The van der Waals surface area contributed by atoms with Crippen LogP contribution in [0.25, 0.3) is 0 Å². The van der Waals surface area contributed by atoms with E-state index in [2.05, 4.69) is 44.5 Å². The van der Waals surface area contributed by atoms with Gasteiger partial charge in [0.1, 0.15) is 0 Å². The molecule has 0 saturated carbocycles. The number of ether oxygens (including phenoxy) is 1. The molecule has 6 nitrogen and oxygen atoms in total. The first-order valence-electron chi connectivity index (χ1n) is 9.45. The fourth-order valence-electron chi connectivity index (χ4n) is 4.06. The van der Waals surface area contributed by atoms with Gasteiger partial charge in [-0.15, -0.1) is 11.3 Å². The first-order chi connectivity index (χ1) is 12.6. The van der Waals surface area contributed by atoms with Crippen molar-refractivity contribution in [2.45, 2.75) is 25.8 Å². The molecule has 0 amide bonds. The predicted molar refractivity (Wildman–Crippen MR) is 105 cm³/mol. The lowest BCUT2D eigenvalue weighted by Crippen LogP contribution is -2.44. The van der Waals surface area contributed by atoms with E-state index in [-0.39, 0.29) is 17.8 Å². The van der Waals surface area contributed by atoms with Gasteiger partial charge in [0.2, 0.25) is 0 Å². The largest absolute Gasteiger partial charge is 0.469 e. The molecule has 1 aromatic heterocycles. The second-order valence-corrected chi connectivity index (χ2v) is 8.19. The van der Waals surface area contributed by atoms with E-state index in [1.54, 1.807) is 0 Å². The molecule has 0 aromatic carbocycles. The van der Waals surface area contributed by atoms with Crippen molar-refractivity contribution in [1.29, 1.82) is 0 Å². The highest BCUT2D eigenvalue weighted by atomic mass is 32.1. The van der Waals surface area contributed by atoms with Crippen LogP contribution in [0, 0.1) is 11.8 Å². The first-order valence-corrected chi connectivity index (χ1v) is 10.3. The number of guanidine groups is 1. The molecular formula is C19H30N4O2S. The smallest absolute Gasteiger partial charge is 0.310 e. The third-order valence-electron chi connectivity index (χ3n) is 5.53. The number of nitrogens with zero attached hydrogens (tertiary/aromatic N) is 3. The lowest BCUT2D eigenvalue weighted by atomic mass is 9.99. The number of nitrogens with one attached hydrogen (secondary N) is 1. The molecule has 2 aliphatic heterocycles. The van der Waals surface area contributed by atoms with Gasteiger partial charge in [0.15, 0.2) is 5.96 Å². The van der Waals surface area contributed by atoms with E-state index in [9.17, 15) is 4.79 Å². The number of thiophene rings is 1. The third kappa shape index (κ3) is 4.20. The van der Waals surface area contributed by atoms with Crippen molar-refractivity contribution in [3.05, 3.63) is 22.4 Å². The summed E-state index contributed by atoms with van der Waals surface area (Å²) < 4.78 is 4.95. The van der Waals surface area contributed by atoms with Crippen LogP contribution >= 0.6 is 11.3 Å². The van der Waals surface area contributed by atoms with Gasteiger partial charge in [-0.2, -0.15) is 0 Å². The summed E-state index contributed by atoms with van der Waals surface area (Å²) in [7, 11) is 3.28. The molecule has 2 saturated heterocycles. The van der Waals surface area contributed by atoms with Crippen molar-refractivity contribution < 1.29 is 9.53 Å². The highest BCUT2D eigenvalue weighted by Crippen LogP contribution is 2.28. The maximum Gasteiger partial charge on any atom is 0.310 e. The Hall–Kier alpha value is -1.60. The fourth-order valence-corrected chi connectivity index (χ4v) is 4.92. The zero-order chi connectivity index (χ0) is 18.5. The lowest BCUT2D eigenvalue weighted by molar-refractivity contribution is -0.145. The maximum atomic E-state index is 12.0. The highest BCUT2D eigenvalue weighted by molar-refractivity contribution is 7.10. The number of carbonyl (C=O) groups excluding carboxylic acids is 1. The van der Waals surface area contributed by atoms with E-state index in [0.717, 1.165) is 32.1 Å². The third-order valence-corrected chi connectivity index (χ3v) is 6.51. The van der Waals surface area contributed by atoms with Crippen LogP contribution in [0.2, 0.25) is 0 Å². The number of likely N-dealkylation sites (tertiary alicyclic amines) is 2. The number of methoxy groups -OCH3 is 1. The topological polar surface area (TPSA) is 57.2 Å². The number of aliphatic imine (C=N–C) groups is 1. The van der Waals surface area contributed by atoms with Crippen LogP contribution in [0.4, 0.5) is 0 Å². The Morgan fingerprint density at radius 3 is 2.81 bits per heavy atom. The molecular weight excluding hydrogens is 348 g/mol. The van der Waals surface area contributed by atoms with Crippen molar-refractivity contribution in [3.63, 3.8) is 0 Å². The summed E-state index contributed by atoms with van der Waals surface area (Å²) >= 11 is 1.82. The summed E-state index contributed by atoms with van der Waals surface area (Å²) in [5, 5.41) is 5.71. The van der Waals surface area contributed by atoms with Crippen LogP contribution in [0.3, 0.4) is 0 Å². The van der Waals surface area contributed by atoms with Crippen molar-refractivity contribution in [2.24, 2.45) is 16.8 Å². The highest BCUT2D eigenvalue weighted by Gasteiger charge is 2.37. The Labute approximate surface area is 160 Å². The van der Waals surface area contributed by atoms with Gasteiger partial charge in [-0.05, 0) is 43.3 Å². The zero-order valence-corrected chi connectivity index (χ0v) is 16.8. The van der Waals surface area contributed by atoms with Gasteiger partial charge in [0.25, 0.3) is 0 Å². The van der Waals surface area contributed by atoms with Gasteiger partial charge in [0, 0.05) is 31.6 Å². The van der Waals surface area contributed by atoms with Crippen LogP contribution in [0.1, 0.15) is 30.7 Å². The molecule has 26 heavy (non-hydrogen) atoms. The van der Waals surface area contributed by atoms with Gasteiger partial charge >= 0.3 is 5.97 Å². The number of rotatable bonds is 5. The molecule has 1 aromatic rings. The van der Waals surface area contributed by atoms with Crippen LogP contribution in [0.5, 0.6) is 0 Å². The number of esters is 1. The molecule has 0 aliphatic carbocycles. The first kappa shape index (κ1) is 19.2. The Morgan fingerprint density at radius 2 is 2.19 bits per heavy atom. The van der Waals surface area contributed by atoms with Crippen LogP contribution < -0.4 is 5.32 Å². The van der Waals surface area contributed by atoms with Crippen molar-refractivity contribution in [3.8, 4) is 0 Å². The summed E-state index contributed by atoms with van der Waals surface area (Å²) in [6.07, 6.45) is 2.56. The molecule has 3 heterocycles. The Kier molecular flexibility index (Phi) is 6.53. The number of carbonyl (C=O) groups is 1. The van der Waals surface area contributed by atoms with E-state index in [0.29, 0.717) is 12.6 Å². The molecule has 3 rings (SSSR count). The fraction of sp³-hybridized carbons (Fsp3) is 0.684. The normalized spacial score (nSPS) is 25.5. The van der Waals surface area contributed by atoms with E-state index in [1.807, 2.05) is 18.4 Å². The average molecular weight is 379 g/mol. The quantitative estimate of drug-likeness (QED) is 0.484. The zero-order valence-electron chi connectivity index (χ0n) is 16.0. The maximum absolute atomic E-state index is 12.0. The van der Waals surface area contributed by atoms with E-state index < -0.39 is 0 Å². The Morgan fingerprint density at radius 1 is 1.42 bits per heavy atom. The van der Waals surface area contributed by atoms with Gasteiger partial charge in [0.05, 0.1) is 19.1 Å². The lowest BCUT2D eigenvalue weighted by Gasteiger charge is -2.29. The second-order valence-electron chi connectivity index (χ2n) is 7.21. The summed E-state index contributed by atoms with van der Waals surface area (Å²) in [4.78, 5) is 22.6. The van der Waals surface area contributed by atoms with Gasteiger partial charge < -0.3 is 15.0 Å². The predicted octanol–water partition coefficient (Wildman–Crippen LogP) is 2.20. The van der Waals surface area contributed by atoms with Gasteiger partial charge in [-0.1, -0.05) is 13.0 Å². The van der Waals surface area contributed by atoms with Gasteiger partial charge in [-0.3, -0.25) is 14.7 Å². The molecule has 2 aliphatic rings. The van der Waals surface area contributed by atoms with Gasteiger partial charge in [-0.25, -0.2) is 0 Å². The Balaban J connectivity index is 1.63. The molecule has 2 fully saturated rings. The summed E-state index contributed by atoms with van der Waals surface area (Å²) in [6.45, 7) is 6.75. The standard InChI is InChI=1S/C19H30N4O2S/c1-14-12-23(13-15(14)18(24)25-3)19(20-2)21-11-16(17-7-6-10-26-17)22-8-4-5-9-22/h6-7,10,14-16H,4-5,8-9,11-13H2,1-3H3,(H,20,21). The number of hydrogen-bond acceptors (Lipinski definition) is 5. The second kappa shape index (κ2) is 8.86. The van der Waals surface area contributed by atoms with E-state index >= 15 is 0 Å². The molecule has 0 bridgehead atoms. The van der Waals surface area contributed by atoms with Crippen LogP contribution in [-0.2, 0) is 9.53 Å². The molecule has 3 atom stereocenters. The Bertz CT molecular complexity index is 613. The average Bonchev–Trinajstić information content (AvgIpc) is 3.40. The molecule has 7 heteroatoms. The van der Waals surface area contributed by atoms with Crippen molar-refractivity contribution in [2.75, 3.05) is 46.9 Å². The summed E-state index contributed by atoms with van der Waals surface area (Å²) in [5.74, 6) is 0.950.